The van der Waals surface area contributed by atoms with E-state index >= 15 is 0 Å². The molecule has 0 amide bonds. The van der Waals surface area contributed by atoms with Crippen molar-refractivity contribution < 1.29 is 23.7 Å². The summed E-state index contributed by atoms with van der Waals surface area (Å²) in [5.41, 5.74) is 3.90. The lowest BCUT2D eigenvalue weighted by Crippen LogP contribution is -2.57. The highest BCUT2D eigenvalue weighted by molar-refractivity contribution is 5.22. The Hall–Kier alpha value is -3.32. The number of ether oxygens (including phenoxy) is 5. The van der Waals surface area contributed by atoms with Gasteiger partial charge in [0.1, 0.15) is 23.9 Å². The van der Waals surface area contributed by atoms with Gasteiger partial charge < -0.3 is 23.7 Å². The van der Waals surface area contributed by atoms with Gasteiger partial charge >= 0.3 is 0 Å². The van der Waals surface area contributed by atoms with Gasteiger partial charge in [0.05, 0.1) is 39.1 Å². The van der Waals surface area contributed by atoms with Crippen LogP contribution in [0.15, 0.2) is 121 Å². The molecule has 0 spiro atoms. The van der Waals surface area contributed by atoms with E-state index in [9.17, 15) is 0 Å². The summed E-state index contributed by atoms with van der Waals surface area (Å²) < 4.78 is 32.8. The average Bonchev–Trinajstić information content (AvgIpc) is 3.74. The average molecular weight is 537 g/mol. The summed E-state index contributed by atoms with van der Waals surface area (Å²) in [6.45, 7) is 2.34. The van der Waals surface area contributed by atoms with Crippen LogP contribution in [0.3, 0.4) is 0 Å². The van der Waals surface area contributed by atoms with Gasteiger partial charge in [-0.15, -0.1) is 0 Å². The summed E-state index contributed by atoms with van der Waals surface area (Å²) in [5.74, 6) is 0. The van der Waals surface area contributed by atoms with Gasteiger partial charge in [0.25, 0.3) is 0 Å². The maximum Gasteiger partial charge on any atom is 0.126 e. The van der Waals surface area contributed by atoms with E-state index in [-0.39, 0.29) is 24.4 Å². The van der Waals surface area contributed by atoms with Crippen molar-refractivity contribution in [3.05, 3.63) is 144 Å². The Kier molecular flexibility index (Phi) is 8.67. The van der Waals surface area contributed by atoms with Crippen molar-refractivity contribution >= 4 is 0 Å². The fourth-order valence-corrected chi connectivity index (χ4v) is 5.44. The number of hydrogen-bond acceptors (Lipinski definition) is 5. The predicted molar refractivity (Wildman–Crippen MR) is 153 cm³/mol. The van der Waals surface area contributed by atoms with Crippen LogP contribution in [0.2, 0.25) is 0 Å². The normalized spacial score (nSPS) is 25.3. The molecule has 1 aliphatic carbocycles. The Bertz CT molecular complexity index is 1300. The van der Waals surface area contributed by atoms with Crippen molar-refractivity contribution in [3.63, 3.8) is 0 Å². The topological polar surface area (TPSA) is 46.2 Å². The first kappa shape index (κ1) is 26.9. The zero-order valence-electron chi connectivity index (χ0n) is 22.6. The molecule has 1 saturated heterocycles. The summed E-state index contributed by atoms with van der Waals surface area (Å²) in [4.78, 5) is 0. The first-order chi connectivity index (χ1) is 19.8. The molecular weight excluding hydrogens is 500 g/mol. The molecule has 1 heterocycles. The number of fused-ring (bicyclic) bond motifs is 1. The minimum atomic E-state index is -0.568. The van der Waals surface area contributed by atoms with Crippen LogP contribution < -0.4 is 0 Å². The summed E-state index contributed by atoms with van der Waals surface area (Å²) >= 11 is 0. The molecule has 2 aliphatic rings. The largest absolute Gasteiger partial charge is 0.374 e. The second kappa shape index (κ2) is 12.9. The smallest absolute Gasteiger partial charge is 0.126 e. The number of benzene rings is 4. The molecule has 5 unspecified atom stereocenters. The zero-order valence-corrected chi connectivity index (χ0v) is 22.6. The van der Waals surface area contributed by atoms with Gasteiger partial charge in [-0.1, -0.05) is 121 Å². The highest BCUT2D eigenvalue weighted by atomic mass is 16.6. The second-order valence-electron chi connectivity index (χ2n) is 10.6. The van der Waals surface area contributed by atoms with Crippen LogP contribution >= 0.6 is 0 Å². The van der Waals surface area contributed by atoms with Gasteiger partial charge in [-0.3, -0.25) is 0 Å². The van der Waals surface area contributed by atoms with Crippen molar-refractivity contribution in [1.29, 1.82) is 0 Å². The molecule has 4 aromatic carbocycles. The minimum Gasteiger partial charge on any atom is -0.374 e. The molecule has 0 aromatic heterocycles. The molecule has 6 rings (SSSR count). The molecule has 4 aromatic rings. The van der Waals surface area contributed by atoms with Gasteiger partial charge in [-0.25, -0.2) is 0 Å². The van der Waals surface area contributed by atoms with E-state index in [0.717, 1.165) is 28.7 Å². The van der Waals surface area contributed by atoms with E-state index in [1.165, 1.54) is 0 Å². The predicted octanol–water partition coefficient (Wildman–Crippen LogP) is 6.50. The Labute approximate surface area is 236 Å². The lowest BCUT2D eigenvalue weighted by Gasteiger charge is -2.42. The lowest BCUT2D eigenvalue weighted by atomic mass is 9.97. The highest BCUT2D eigenvalue weighted by Crippen LogP contribution is 2.53. The number of hydrogen-bond donors (Lipinski definition) is 0. The SMILES string of the molecule is c1ccc(COCC2OC3CC3(OCc3ccccc3)C(OCc3ccccc3)C2OCc2ccccc2)cc1. The van der Waals surface area contributed by atoms with Gasteiger partial charge in [0.15, 0.2) is 0 Å². The highest BCUT2D eigenvalue weighted by Gasteiger charge is 2.69. The quantitative estimate of drug-likeness (QED) is 0.195. The maximum absolute atomic E-state index is 6.73. The minimum absolute atomic E-state index is 0.0705. The van der Waals surface area contributed by atoms with Crippen molar-refractivity contribution in [3.8, 4) is 0 Å². The lowest BCUT2D eigenvalue weighted by molar-refractivity contribution is -0.249. The van der Waals surface area contributed by atoms with Gasteiger partial charge in [0.2, 0.25) is 0 Å². The first-order valence-electron chi connectivity index (χ1n) is 14.1. The van der Waals surface area contributed by atoms with Crippen molar-refractivity contribution in [2.75, 3.05) is 6.61 Å². The molecule has 2 fully saturated rings. The molecule has 206 valence electrons. The molecule has 5 heteroatoms. The summed E-state index contributed by atoms with van der Waals surface area (Å²) in [7, 11) is 0. The molecule has 5 atom stereocenters. The monoisotopic (exact) mass is 536 g/mol. The van der Waals surface area contributed by atoms with Crippen LogP contribution in [0.4, 0.5) is 0 Å². The Balaban J connectivity index is 1.23. The van der Waals surface area contributed by atoms with E-state index in [1.807, 2.05) is 72.8 Å². The molecule has 1 saturated carbocycles. The Morgan fingerprint density at radius 2 is 1.05 bits per heavy atom. The second-order valence-corrected chi connectivity index (χ2v) is 10.6. The molecule has 40 heavy (non-hydrogen) atoms. The first-order valence-corrected chi connectivity index (χ1v) is 14.1. The Morgan fingerprint density at radius 3 is 1.60 bits per heavy atom. The van der Waals surface area contributed by atoms with Crippen LogP contribution in [0, 0.1) is 0 Å². The molecular formula is C35H36O5. The van der Waals surface area contributed by atoms with E-state index < -0.39 is 5.60 Å². The standard InChI is InChI=1S/C35H36O5/c1-5-13-27(14-6-1)22-36-26-31-33(37-23-28-15-7-2-8-16-28)34(38-24-29-17-9-3-10-18-29)35(21-32(35)40-31)39-25-30-19-11-4-12-20-30/h1-20,31-34H,21-26H2. The van der Waals surface area contributed by atoms with E-state index in [2.05, 4.69) is 48.5 Å². The molecule has 0 radical (unpaired) electrons. The molecule has 0 bridgehead atoms. The molecule has 0 N–H and O–H groups in total. The Morgan fingerprint density at radius 1 is 0.575 bits per heavy atom. The van der Waals surface area contributed by atoms with E-state index in [1.54, 1.807) is 0 Å². The van der Waals surface area contributed by atoms with Crippen molar-refractivity contribution in [1.82, 2.24) is 0 Å². The zero-order chi connectivity index (χ0) is 27.0. The number of rotatable bonds is 13. The fraction of sp³-hybridized carbons (Fsp3) is 0.314. The summed E-state index contributed by atoms with van der Waals surface area (Å²) in [6.07, 6.45) is -0.272. The third-order valence-electron chi connectivity index (χ3n) is 7.68. The third kappa shape index (κ3) is 6.52. The van der Waals surface area contributed by atoms with Crippen molar-refractivity contribution in [2.24, 2.45) is 0 Å². The fourth-order valence-electron chi connectivity index (χ4n) is 5.44. The summed E-state index contributed by atoms with van der Waals surface area (Å²) in [6, 6.07) is 40.9. The van der Waals surface area contributed by atoms with Crippen LogP contribution in [0.5, 0.6) is 0 Å². The van der Waals surface area contributed by atoms with Crippen LogP contribution in [0.1, 0.15) is 28.7 Å². The van der Waals surface area contributed by atoms with Gasteiger partial charge in [-0.05, 0) is 22.3 Å². The van der Waals surface area contributed by atoms with Crippen molar-refractivity contribution in [2.45, 2.75) is 62.9 Å². The van der Waals surface area contributed by atoms with Gasteiger partial charge in [0, 0.05) is 6.42 Å². The molecule has 5 nitrogen and oxygen atoms in total. The van der Waals surface area contributed by atoms with Gasteiger partial charge in [-0.2, -0.15) is 0 Å². The van der Waals surface area contributed by atoms with E-state index in [4.69, 9.17) is 23.7 Å². The van der Waals surface area contributed by atoms with Crippen LogP contribution in [-0.4, -0.2) is 36.6 Å². The van der Waals surface area contributed by atoms with Crippen LogP contribution in [-0.2, 0) is 50.1 Å². The van der Waals surface area contributed by atoms with E-state index in [0.29, 0.717) is 33.0 Å². The third-order valence-corrected chi connectivity index (χ3v) is 7.68. The maximum atomic E-state index is 6.73. The van der Waals surface area contributed by atoms with Crippen LogP contribution in [0.25, 0.3) is 0 Å². The molecule has 1 aliphatic heterocycles. The summed E-state index contributed by atoms with van der Waals surface area (Å²) in [5, 5.41) is 0.